The number of carbonyl (C=O) groups is 6. The lowest BCUT2D eigenvalue weighted by Gasteiger charge is -2.38. The molecule has 0 spiro atoms. The van der Waals surface area contributed by atoms with Gasteiger partial charge < -0.3 is 14.8 Å². The molecule has 13 heteroatoms. The predicted molar refractivity (Wildman–Crippen MR) is 280 cm³/mol. The van der Waals surface area contributed by atoms with E-state index in [4.69, 9.17) is 4.98 Å². The summed E-state index contributed by atoms with van der Waals surface area (Å²) in [7, 11) is 0. The zero-order valence-corrected chi connectivity index (χ0v) is 40.2. The Morgan fingerprint density at radius 2 is 0.757 bits per heavy atom. The van der Waals surface area contributed by atoms with Gasteiger partial charge in [0.2, 0.25) is 0 Å². The molecule has 0 radical (unpaired) electrons. The van der Waals surface area contributed by atoms with Gasteiger partial charge in [-0.05, 0) is 57.6 Å². The number of carboxylic acids is 2. The van der Waals surface area contributed by atoms with Crippen LogP contribution < -0.4 is 0 Å². The zero-order valence-electron chi connectivity index (χ0n) is 39.4. The van der Waals surface area contributed by atoms with Crippen LogP contribution in [0.3, 0.4) is 0 Å². The number of amides is 4. The molecule has 0 bridgehead atoms. The van der Waals surface area contributed by atoms with Crippen molar-refractivity contribution in [2.45, 2.75) is 28.8 Å². The van der Waals surface area contributed by atoms with E-state index in [0.29, 0.717) is 4.90 Å². The highest BCUT2D eigenvalue weighted by Gasteiger charge is 2.48. The maximum absolute atomic E-state index is 14.8. The summed E-state index contributed by atoms with van der Waals surface area (Å²) in [6.45, 7) is 0. The van der Waals surface area contributed by atoms with Crippen LogP contribution in [0.5, 0.6) is 0 Å². The average molecular weight is 993 g/mol. The van der Waals surface area contributed by atoms with Gasteiger partial charge >= 0.3 is 11.9 Å². The zero-order chi connectivity index (χ0) is 51.1. The summed E-state index contributed by atoms with van der Waals surface area (Å²) in [4.78, 5) is 91.9. The Labute approximate surface area is 429 Å². The number of carbonyl (C=O) groups excluding carboxylic acids is 4. The number of thioether (sulfide) groups is 1. The largest absolute Gasteiger partial charge is 0.480 e. The molecule has 2 aliphatic rings. The molecule has 2 N–H and O–H groups in total. The van der Waals surface area contributed by atoms with Crippen molar-refractivity contribution in [2.75, 3.05) is 5.75 Å². The number of carboxylic acid groups (broad SMARTS) is 2. The summed E-state index contributed by atoms with van der Waals surface area (Å²) in [6, 6.07) is 60.3. The molecule has 8 aromatic carbocycles. The van der Waals surface area contributed by atoms with Gasteiger partial charge in [0.05, 0.1) is 16.8 Å². The Balaban J connectivity index is 0.931. The monoisotopic (exact) mass is 992 g/mol. The molecule has 74 heavy (non-hydrogen) atoms. The lowest BCUT2D eigenvalue weighted by Crippen LogP contribution is -2.53. The van der Waals surface area contributed by atoms with Gasteiger partial charge in [-0.1, -0.05) is 182 Å². The molecule has 0 aliphatic carbocycles. The Morgan fingerprint density at radius 3 is 1.08 bits per heavy atom. The molecule has 9 aromatic rings. The normalized spacial score (nSPS) is 14.3. The second-order valence-electron chi connectivity index (χ2n) is 18.1. The second-order valence-corrected chi connectivity index (χ2v) is 19.3. The Bertz CT molecular complexity index is 3390. The molecule has 12 nitrogen and oxygen atoms in total. The van der Waals surface area contributed by atoms with E-state index in [9.17, 15) is 39.0 Å². The number of aliphatic carboxylic acids is 2. The first-order chi connectivity index (χ1) is 36.0. The van der Waals surface area contributed by atoms with Crippen LogP contribution in [0.15, 0.2) is 219 Å². The van der Waals surface area contributed by atoms with Crippen molar-refractivity contribution in [1.82, 2.24) is 19.4 Å². The molecule has 0 unspecified atom stereocenters. The smallest absolute Gasteiger partial charge is 0.327 e. The van der Waals surface area contributed by atoms with Crippen molar-refractivity contribution >= 4 is 58.1 Å². The molecule has 3 heterocycles. The molecule has 4 amide bonds. The van der Waals surface area contributed by atoms with Crippen LogP contribution in [-0.4, -0.2) is 83.0 Å². The number of imide groups is 2. The van der Waals surface area contributed by atoms with Gasteiger partial charge in [0, 0.05) is 51.4 Å². The highest BCUT2D eigenvalue weighted by atomic mass is 32.2. The maximum atomic E-state index is 14.8. The van der Waals surface area contributed by atoms with Crippen LogP contribution in [0.25, 0.3) is 10.8 Å². The van der Waals surface area contributed by atoms with Crippen LogP contribution in [-0.2, 0) is 26.3 Å². The minimum absolute atomic E-state index is 0.0110. The summed E-state index contributed by atoms with van der Waals surface area (Å²) in [5, 5.41) is 21.8. The third-order valence-electron chi connectivity index (χ3n) is 14.2. The summed E-state index contributed by atoms with van der Waals surface area (Å²) < 4.78 is 0.936. The van der Waals surface area contributed by atoms with Crippen molar-refractivity contribution in [3.8, 4) is 0 Å². The summed E-state index contributed by atoms with van der Waals surface area (Å²) in [5.74, 6) is -6.80. The quantitative estimate of drug-likeness (QED) is 0.0703. The van der Waals surface area contributed by atoms with E-state index in [-0.39, 0.29) is 50.9 Å². The first kappa shape index (κ1) is 47.1. The Kier molecular flexibility index (Phi) is 12.2. The average Bonchev–Trinajstić information content (AvgIpc) is 3.94. The van der Waals surface area contributed by atoms with E-state index < -0.39 is 57.9 Å². The molecule has 1 aromatic heterocycles. The third-order valence-corrected chi connectivity index (χ3v) is 15.8. The molecule has 0 saturated carbocycles. The Hall–Kier alpha value is -9.20. The van der Waals surface area contributed by atoms with Crippen molar-refractivity contribution in [3.63, 3.8) is 0 Å². The topological polar surface area (TPSA) is 167 Å². The summed E-state index contributed by atoms with van der Waals surface area (Å²) in [6.07, 6.45) is 3.00. The number of hydrogen-bond donors (Lipinski definition) is 2. The highest BCUT2D eigenvalue weighted by Crippen LogP contribution is 2.50. The van der Waals surface area contributed by atoms with E-state index in [0.717, 1.165) is 38.3 Å². The van der Waals surface area contributed by atoms with Gasteiger partial charge in [-0.15, -0.1) is 11.8 Å². The van der Waals surface area contributed by atoms with Crippen LogP contribution in [0, 0.1) is 0 Å². The molecule has 11 rings (SSSR count). The van der Waals surface area contributed by atoms with E-state index in [2.05, 4.69) is 0 Å². The fraction of sp³-hybridized carbons (Fsp3) is 0.0984. The van der Waals surface area contributed by atoms with Gasteiger partial charge in [-0.2, -0.15) is 0 Å². The molecular formula is C61H44N4O8S. The number of nitrogens with zero attached hydrogens (tertiary/aromatic N) is 4. The number of aromatic nitrogens is 2. The molecule has 0 fully saturated rings. The molecule has 362 valence electrons. The standard InChI is InChI=1S/C61H44N4O8S/c66-54-46-31-33-48-53-49(57(69)65(56(48)68)51(59(72)73)37-74-61(42-25-13-4-14-26-42,43-27-15-5-16-28-43)44-29-17-6-18-30-44)34-32-47(52(46)53)55(67)64(54)50(58(70)71)35-45-36-63(38-62-45)60(39-19-7-1-8-20-39,40-21-9-2-10-22-40)41-23-11-3-12-24-41/h1-34,36,38,50-51H,35,37H2,(H,70,71)(H,72,73)/t50-,51-/m0/s1. The maximum Gasteiger partial charge on any atom is 0.327 e. The molecule has 2 aliphatic heterocycles. The van der Waals surface area contributed by atoms with Crippen LogP contribution in [0.2, 0.25) is 0 Å². The van der Waals surface area contributed by atoms with E-state index in [1.54, 1.807) is 12.5 Å². The highest BCUT2D eigenvalue weighted by molar-refractivity contribution is 8.00. The molecular weight excluding hydrogens is 949 g/mol. The van der Waals surface area contributed by atoms with E-state index in [1.165, 1.54) is 36.0 Å². The van der Waals surface area contributed by atoms with Crippen LogP contribution >= 0.6 is 11.8 Å². The third kappa shape index (κ3) is 7.59. The minimum Gasteiger partial charge on any atom is -0.480 e. The molecule has 2 atom stereocenters. The fourth-order valence-electron chi connectivity index (χ4n) is 10.8. The summed E-state index contributed by atoms with van der Waals surface area (Å²) in [5.41, 5.74) is 4.26. The van der Waals surface area contributed by atoms with Gasteiger partial charge in [0.1, 0.15) is 17.6 Å². The Morgan fingerprint density at radius 1 is 0.446 bits per heavy atom. The van der Waals surface area contributed by atoms with Gasteiger partial charge in [-0.3, -0.25) is 29.0 Å². The van der Waals surface area contributed by atoms with Crippen LogP contribution in [0.1, 0.15) is 80.5 Å². The van der Waals surface area contributed by atoms with Gasteiger partial charge in [0.15, 0.2) is 0 Å². The van der Waals surface area contributed by atoms with E-state index in [1.807, 2.05) is 187 Å². The van der Waals surface area contributed by atoms with Gasteiger partial charge in [-0.25, -0.2) is 14.6 Å². The minimum atomic E-state index is -1.73. The molecule has 0 saturated heterocycles. The lowest BCUT2D eigenvalue weighted by atomic mass is 9.77. The van der Waals surface area contributed by atoms with E-state index >= 15 is 0 Å². The van der Waals surface area contributed by atoms with Crippen molar-refractivity contribution in [1.29, 1.82) is 0 Å². The van der Waals surface area contributed by atoms with Crippen molar-refractivity contribution < 1.29 is 39.0 Å². The first-order valence-corrected chi connectivity index (χ1v) is 24.9. The number of benzene rings is 8. The lowest BCUT2D eigenvalue weighted by molar-refractivity contribution is -0.142. The van der Waals surface area contributed by atoms with Crippen LogP contribution in [0.4, 0.5) is 0 Å². The summed E-state index contributed by atoms with van der Waals surface area (Å²) >= 11 is 1.28. The number of rotatable bonds is 16. The number of hydrogen-bond acceptors (Lipinski definition) is 8. The predicted octanol–water partition coefficient (Wildman–Crippen LogP) is 9.94. The fourth-order valence-corrected chi connectivity index (χ4v) is 12.4. The SMILES string of the molecule is O=C(O)[C@H](CSC(c1ccccc1)(c1ccccc1)c1ccccc1)N1C(=O)c2ccc3c4c(ccc(c24)C1=O)C(=O)N([C@@H](Cc1cn(C(c2ccccc2)(c2ccccc2)c2ccccc2)cn1)C(=O)O)C3=O. The van der Waals surface area contributed by atoms with Gasteiger partial charge in [0.25, 0.3) is 23.6 Å². The van der Waals surface area contributed by atoms with Crippen molar-refractivity contribution in [2.24, 2.45) is 0 Å². The first-order valence-electron chi connectivity index (χ1n) is 23.9. The number of imidazole rings is 1. The second kappa shape index (κ2) is 19.1. The van der Waals surface area contributed by atoms with Crippen molar-refractivity contribution in [3.05, 3.63) is 280 Å².